The van der Waals surface area contributed by atoms with Crippen LogP contribution in [0.5, 0.6) is 0 Å². The van der Waals surface area contributed by atoms with Gasteiger partial charge in [0, 0.05) is 25.9 Å². The number of anilines is 2. The van der Waals surface area contributed by atoms with E-state index in [0.717, 1.165) is 0 Å². The molecule has 0 radical (unpaired) electrons. The summed E-state index contributed by atoms with van der Waals surface area (Å²) in [4.78, 5) is 30.8. The molecule has 0 spiro atoms. The maximum atomic E-state index is 14.7. The van der Waals surface area contributed by atoms with Crippen molar-refractivity contribution >= 4 is 23.5 Å². The third kappa shape index (κ3) is 3.69. The van der Waals surface area contributed by atoms with Gasteiger partial charge in [-0.2, -0.15) is 0 Å². The smallest absolute Gasteiger partial charge is 0.414 e. The molecule has 0 saturated carbocycles. The second-order valence-electron chi connectivity index (χ2n) is 6.69. The number of cyclic esters (lactones) is 1. The number of nitrogens with zero attached hydrogens (tertiary/aromatic N) is 3. The first kappa shape index (κ1) is 18.6. The zero-order chi connectivity index (χ0) is 19.7. The summed E-state index contributed by atoms with van der Waals surface area (Å²) in [6.45, 7) is 1.74. The monoisotopic (exact) mass is 372 g/mol. The van der Waals surface area contributed by atoms with Gasteiger partial charge in [-0.1, -0.05) is 0 Å². The minimum Gasteiger partial charge on any atom is -0.443 e. The SMILES string of the molecule is C[C@H](C(N)=O)C1CN(c2ccc(-c3ccnc(N(C)C)c3)c(F)c2)C(=O)O1. The fourth-order valence-corrected chi connectivity index (χ4v) is 2.88. The second-order valence-corrected chi connectivity index (χ2v) is 6.69. The number of primary amides is 1. The van der Waals surface area contributed by atoms with Crippen molar-refractivity contribution in [3.8, 4) is 11.1 Å². The van der Waals surface area contributed by atoms with Gasteiger partial charge < -0.3 is 15.4 Å². The van der Waals surface area contributed by atoms with E-state index in [2.05, 4.69) is 4.98 Å². The molecule has 2 aromatic rings. The molecule has 1 fully saturated rings. The number of carbonyl (C=O) groups excluding carboxylic acids is 2. The van der Waals surface area contributed by atoms with Crippen molar-refractivity contribution in [3.05, 3.63) is 42.3 Å². The van der Waals surface area contributed by atoms with Gasteiger partial charge in [-0.25, -0.2) is 14.2 Å². The van der Waals surface area contributed by atoms with Crippen molar-refractivity contribution in [2.75, 3.05) is 30.4 Å². The van der Waals surface area contributed by atoms with Crippen LogP contribution in [-0.2, 0) is 9.53 Å². The standard InChI is InChI=1S/C19H21FN4O3/c1-11(18(21)25)16-10-24(19(26)27-16)13-4-5-14(15(20)9-13)12-6-7-22-17(8-12)23(2)3/h4-9,11,16H,10H2,1-3H3,(H2,21,25)/t11-,16?/m0/s1. The van der Waals surface area contributed by atoms with Crippen molar-refractivity contribution in [2.24, 2.45) is 11.7 Å². The summed E-state index contributed by atoms with van der Waals surface area (Å²) < 4.78 is 19.9. The van der Waals surface area contributed by atoms with Crippen LogP contribution in [0.25, 0.3) is 11.1 Å². The Kier molecular flexibility index (Phi) is 4.98. The number of nitrogens with two attached hydrogens (primary N) is 1. The highest BCUT2D eigenvalue weighted by molar-refractivity contribution is 5.91. The maximum Gasteiger partial charge on any atom is 0.414 e. The lowest BCUT2D eigenvalue weighted by molar-refractivity contribution is -0.123. The fourth-order valence-electron chi connectivity index (χ4n) is 2.88. The molecule has 1 aromatic carbocycles. The Hall–Kier alpha value is -3.16. The molecule has 2 N–H and O–H groups in total. The Morgan fingerprint density at radius 2 is 2.11 bits per heavy atom. The minimum absolute atomic E-state index is 0.141. The number of amides is 2. The Labute approximate surface area is 156 Å². The van der Waals surface area contributed by atoms with Crippen LogP contribution < -0.4 is 15.5 Å². The van der Waals surface area contributed by atoms with Gasteiger partial charge in [0.1, 0.15) is 17.7 Å². The molecule has 2 amide bonds. The summed E-state index contributed by atoms with van der Waals surface area (Å²) in [5.41, 5.74) is 6.72. The van der Waals surface area contributed by atoms with Gasteiger partial charge in [-0.3, -0.25) is 9.69 Å². The molecule has 0 bridgehead atoms. The van der Waals surface area contributed by atoms with E-state index in [1.807, 2.05) is 19.0 Å². The Balaban J connectivity index is 1.86. The predicted molar refractivity (Wildman–Crippen MR) is 99.9 cm³/mol. The molecule has 2 atom stereocenters. The highest BCUT2D eigenvalue weighted by Gasteiger charge is 2.37. The van der Waals surface area contributed by atoms with Crippen LogP contribution in [0.1, 0.15) is 6.92 Å². The van der Waals surface area contributed by atoms with Gasteiger partial charge in [0.25, 0.3) is 0 Å². The van der Waals surface area contributed by atoms with Crippen molar-refractivity contribution in [2.45, 2.75) is 13.0 Å². The van der Waals surface area contributed by atoms with Crippen molar-refractivity contribution in [3.63, 3.8) is 0 Å². The Bertz CT molecular complexity index is 887. The molecule has 27 heavy (non-hydrogen) atoms. The lowest BCUT2D eigenvalue weighted by atomic mass is 10.0. The van der Waals surface area contributed by atoms with Gasteiger partial charge >= 0.3 is 6.09 Å². The first-order chi connectivity index (χ1) is 12.8. The summed E-state index contributed by atoms with van der Waals surface area (Å²) in [6.07, 6.45) is 0.339. The minimum atomic E-state index is -0.652. The van der Waals surface area contributed by atoms with Gasteiger partial charge in [0.05, 0.1) is 18.2 Å². The maximum absolute atomic E-state index is 14.7. The van der Waals surface area contributed by atoms with E-state index in [1.165, 1.54) is 11.0 Å². The number of benzene rings is 1. The van der Waals surface area contributed by atoms with E-state index < -0.39 is 29.8 Å². The number of carbonyl (C=O) groups is 2. The average Bonchev–Trinajstić information content (AvgIpc) is 3.02. The highest BCUT2D eigenvalue weighted by atomic mass is 19.1. The van der Waals surface area contributed by atoms with E-state index >= 15 is 0 Å². The summed E-state index contributed by atoms with van der Waals surface area (Å²) in [5.74, 6) is -0.931. The number of aromatic nitrogens is 1. The topological polar surface area (TPSA) is 88.8 Å². The van der Waals surface area contributed by atoms with E-state index in [0.29, 0.717) is 22.6 Å². The lowest BCUT2D eigenvalue weighted by Crippen LogP contribution is -2.34. The van der Waals surface area contributed by atoms with Gasteiger partial charge in [-0.05, 0) is 42.8 Å². The number of pyridine rings is 1. The summed E-state index contributed by atoms with van der Waals surface area (Å²) in [7, 11) is 3.71. The van der Waals surface area contributed by atoms with Crippen LogP contribution in [0, 0.1) is 11.7 Å². The Morgan fingerprint density at radius 3 is 2.74 bits per heavy atom. The summed E-state index contributed by atoms with van der Waals surface area (Å²) >= 11 is 0. The van der Waals surface area contributed by atoms with Gasteiger partial charge in [0.15, 0.2) is 0 Å². The molecular weight excluding hydrogens is 351 g/mol. The molecule has 1 saturated heterocycles. The zero-order valence-electron chi connectivity index (χ0n) is 15.3. The molecule has 8 heteroatoms. The van der Waals surface area contributed by atoms with Crippen LogP contribution in [0.3, 0.4) is 0 Å². The molecule has 1 aliphatic heterocycles. The quantitative estimate of drug-likeness (QED) is 0.871. The highest BCUT2D eigenvalue weighted by Crippen LogP contribution is 2.31. The molecular formula is C19H21FN4O3. The number of hydrogen-bond donors (Lipinski definition) is 1. The van der Waals surface area contributed by atoms with E-state index in [4.69, 9.17) is 10.5 Å². The van der Waals surface area contributed by atoms with Crippen molar-refractivity contribution in [1.82, 2.24) is 4.98 Å². The van der Waals surface area contributed by atoms with Crippen LogP contribution in [0.4, 0.5) is 20.7 Å². The number of rotatable bonds is 5. The van der Waals surface area contributed by atoms with Crippen LogP contribution >= 0.6 is 0 Å². The normalized spacial score (nSPS) is 17.6. The summed E-state index contributed by atoms with van der Waals surface area (Å²) in [6, 6.07) is 8.04. The van der Waals surface area contributed by atoms with Gasteiger partial charge in [-0.15, -0.1) is 0 Å². The number of halogens is 1. The van der Waals surface area contributed by atoms with Crippen molar-refractivity contribution < 1.29 is 18.7 Å². The molecule has 1 aromatic heterocycles. The molecule has 0 aliphatic carbocycles. The van der Waals surface area contributed by atoms with Gasteiger partial charge in [0.2, 0.25) is 5.91 Å². The van der Waals surface area contributed by atoms with E-state index in [9.17, 15) is 14.0 Å². The van der Waals surface area contributed by atoms with Crippen LogP contribution in [0.2, 0.25) is 0 Å². The van der Waals surface area contributed by atoms with Crippen LogP contribution in [-0.4, -0.2) is 43.7 Å². The second kappa shape index (κ2) is 7.22. The molecule has 142 valence electrons. The first-order valence-electron chi connectivity index (χ1n) is 8.48. The third-order valence-corrected chi connectivity index (χ3v) is 4.62. The Morgan fingerprint density at radius 1 is 1.37 bits per heavy atom. The molecule has 2 heterocycles. The predicted octanol–water partition coefficient (Wildman–Crippen LogP) is 2.40. The average molecular weight is 372 g/mol. The number of ether oxygens (including phenoxy) is 1. The number of hydrogen-bond acceptors (Lipinski definition) is 5. The van der Waals surface area contributed by atoms with Crippen LogP contribution in [0.15, 0.2) is 36.5 Å². The van der Waals surface area contributed by atoms with E-state index in [1.54, 1.807) is 37.4 Å². The largest absolute Gasteiger partial charge is 0.443 e. The fraction of sp³-hybridized carbons (Fsp3) is 0.316. The lowest BCUT2D eigenvalue weighted by Gasteiger charge is -2.16. The molecule has 7 nitrogen and oxygen atoms in total. The molecule has 1 aliphatic rings. The molecule has 1 unspecified atom stereocenters. The summed E-state index contributed by atoms with van der Waals surface area (Å²) in [5, 5.41) is 0. The molecule has 3 rings (SSSR count). The third-order valence-electron chi connectivity index (χ3n) is 4.62. The first-order valence-corrected chi connectivity index (χ1v) is 8.48. The zero-order valence-corrected chi connectivity index (χ0v) is 15.3. The van der Waals surface area contributed by atoms with E-state index in [-0.39, 0.29) is 6.54 Å². The van der Waals surface area contributed by atoms with Crippen molar-refractivity contribution in [1.29, 1.82) is 0 Å².